The van der Waals surface area contributed by atoms with Crippen LogP contribution in [0.15, 0.2) is 54.7 Å². The predicted molar refractivity (Wildman–Crippen MR) is 332 cm³/mol. The quantitative estimate of drug-likeness (QED) is 0.108. The van der Waals surface area contributed by atoms with Crippen molar-refractivity contribution in [3.8, 4) is 0 Å². The van der Waals surface area contributed by atoms with Crippen LogP contribution < -0.4 is 16.0 Å². The van der Waals surface area contributed by atoms with E-state index in [1.165, 1.54) is 6.42 Å². The van der Waals surface area contributed by atoms with E-state index >= 15 is 0 Å². The Morgan fingerprint density at radius 2 is 1.01 bits per heavy atom. The number of aryl methyl sites for hydroxylation is 4. The van der Waals surface area contributed by atoms with E-state index in [1.807, 2.05) is 52.0 Å². The summed E-state index contributed by atoms with van der Waals surface area (Å²) in [4.78, 5) is 71.9. The van der Waals surface area contributed by atoms with Gasteiger partial charge in [-0.1, -0.05) is 29.3 Å². The van der Waals surface area contributed by atoms with Crippen molar-refractivity contribution in [1.82, 2.24) is 60.7 Å². The molecule has 0 aliphatic carbocycles. The summed E-state index contributed by atoms with van der Waals surface area (Å²) >= 11 is 12.1. The fourth-order valence-electron chi connectivity index (χ4n) is 10.8. The number of ketones is 1. The zero-order chi connectivity index (χ0) is 60.7. The molecule has 4 aromatic rings. The predicted octanol–water partition coefficient (Wildman–Crippen LogP) is 11.3. The van der Waals surface area contributed by atoms with E-state index in [1.54, 1.807) is 30.5 Å². The van der Waals surface area contributed by atoms with E-state index in [4.69, 9.17) is 23.2 Å². The Morgan fingerprint density at radius 1 is 0.573 bits per heavy atom. The maximum Gasteiger partial charge on any atom is 0.272 e. The normalized spacial score (nSPS) is 19.2. The van der Waals surface area contributed by atoms with Gasteiger partial charge in [0, 0.05) is 110 Å². The summed E-state index contributed by atoms with van der Waals surface area (Å²) in [5.41, 5.74) is 4.89. The molecule has 1 atom stereocenters. The first-order valence-electron chi connectivity index (χ1n) is 29.8. The number of nitrogens with zero attached hydrogens (tertiary/aromatic N) is 9. The molecular formula is C64H98Cl2N12O4. The largest absolute Gasteiger partial charge is 0.345 e. The van der Waals surface area contributed by atoms with Crippen LogP contribution in [0.25, 0.3) is 0 Å². The molecule has 0 saturated carbocycles. The second kappa shape index (κ2) is 30.2. The molecule has 4 aliphatic rings. The number of rotatable bonds is 13. The first-order chi connectivity index (χ1) is 38.4. The minimum absolute atomic E-state index is 0.0447. The van der Waals surface area contributed by atoms with Crippen molar-refractivity contribution in [2.45, 2.75) is 209 Å². The topological polar surface area (TPSA) is 182 Å². The maximum absolute atomic E-state index is 12.5. The molecule has 0 bridgehead atoms. The number of piperidine rings is 3. The third-order valence-corrected chi connectivity index (χ3v) is 17.5. The summed E-state index contributed by atoms with van der Waals surface area (Å²) in [6.45, 7) is 42.3. The van der Waals surface area contributed by atoms with Crippen LogP contribution in [0, 0.1) is 33.6 Å². The van der Waals surface area contributed by atoms with Gasteiger partial charge >= 0.3 is 0 Å². The molecule has 1 unspecified atom stereocenters. The van der Waals surface area contributed by atoms with Crippen LogP contribution in [-0.4, -0.2) is 161 Å². The van der Waals surface area contributed by atoms with Crippen molar-refractivity contribution < 1.29 is 19.2 Å². The van der Waals surface area contributed by atoms with Crippen LogP contribution in [0.1, 0.15) is 205 Å². The number of carbonyl (C=O) groups excluding carboxylic acids is 4. The second-order valence-corrected chi connectivity index (χ2v) is 26.8. The van der Waals surface area contributed by atoms with Gasteiger partial charge in [-0.2, -0.15) is 5.10 Å². The standard InChI is InChI=1S/C17H27N3O.C16H24ClN3O.C16H23ClN2O.C15H24N4O/c1-12(2)20-10-8-17(5,9-11-20)19-16(21)15-13(3)6-7-14(4)18-15;1-11(2)20-9-7-16(4,8-10-20)19-15(21)14-13(17)6-5-12(3)18-14;1-16(2,3)19-10-8-12(11-19)6-7-14(20)15-13(17)5-4-9-18-15;1-11(2)19-9-7-15(4,8-10-19)16-14(20)13-6-5-12(3)17-18-13/h6-7,12H,8-11H2,1-5H3,(H,19,21);5-6,11H,7-10H2,1-4H3,(H,19,21);4-5,9,12H,6-8,10-11H2,1-3H3;5-6,11H,7-10H2,1-4H3,(H,16,20). The van der Waals surface area contributed by atoms with Crippen LogP contribution in [0.3, 0.4) is 0 Å². The number of nitrogens with one attached hydrogen (secondary N) is 3. The number of amides is 3. The Hall–Kier alpha value is -4.97. The molecule has 4 aliphatic heterocycles. The number of pyridine rings is 3. The number of aromatic nitrogens is 5. The zero-order valence-electron chi connectivity index (χ0n) is 52.4. The van der Waals surface area contributed by atoms with E-state index in [9.17, 15) is 19.2 Å². The molecule has 0 aromatic carbocycles. The molecule has 8 rings (SSSR count). The van der Waals surface area contributed by atoms with Crippen molar-refractivity contribution in [2.75, 3.05) is 52.4 Å². The van der Waals surface area contributed by atoms with Crippen LogP contribution in [0.2, 0.25) is 10.0 Å². The van der Waals surface area contributed by atoms with Crippen LogP contribution in [0.4, 0.5) is 0 Å². The van der Waals surface area contributed by atoms with Crippen molar-refractivity contribution in [2.24, 2.45) is 5.92 Å². The van der Waals surface area contributed by atoms with Gasteiger partial charge < -0.3 is 30.7 Å². The molecule has 8 heterocycles. The van der Waals surface area contributed by atoms with E-state index in [-0.39, 0.29) is 45.7 Å². The van der Waals surface area contributed by atoms with Crippen LogP contribution >= 0.6 is 23.2 Å². The third kappa shape index (κ3) is 20.7. The lowest BCUT2D eigenvalue weighted by atomic mass is 9.88. The van der Waals surface area contributed by atoms with Gasteiger partial charge in [0.1, 0.15) is 17.1 Å². The Balaban J connectivity index is 0.000000200. The summed E-state index contributed by atoms with van der Waals surface area (Å²) in [5.74, 6) is 0.323. The molecule has 4 saturated heterocycles. The molecule has 4 aromatic heterocycles. The Bertz CT molecular complexity index is 2630. The third-order valence-electron chi connectivity index (χ3n) is 16.9. The summed E-state index contributed by atoms with van der Waals surface area (Å²) in [7, 11) is 0. The minimum atomic E-state index is -0.183. The summed E-state index contributed by atoms with van der Waals surface area (Å²) in [6, 6.07) is 16.1. The molecule has 452 valence electrons. The average Bonchev–Trinajstić information content (AvgIpc) is 3.92. The van der Waals surface area contributed by atoms with E-state index in [0.29, 0.717) is 63.3 Å². The number of carbonyl (C=O) groups is 4. The van der Waals surface area contributed by atoms with E-state index in [2.05, 4.69) is 144 Å². The molecular weight excluding hydrogens is 1070 g/mol. The summed E-state index contributed by atoms with van der Waals surface area (Å²) in [6.07, 6.45) is 10.1. The highest BCUT2D eigenvalue weighted by atomic mass is 35.5. The van der Waals surface area contributed by atoms with Gasteiger partial charge in [-0.25, -0.2) is 9.97 Å². The first kappa shape index (κ1) is 67.8. The zero-order valence-corrected chi connectivity index (χ0v) is 54.0. The Kier molecular flexibility index (Phi) is 25.0. The lowest BCUT2D eigenvalue weighted by Gasteiger charge is -2.41. The van der Waals surface area contributed by atoms with Gasteiger partial charge in [-0.15, -0.1) is 5.10 Å². The highest BCUT2D eigenvalue weighted by Gasteiger charge is 2.36. The van der Waals surface area contributed by atoms with Gasteiger partial charge in [0.05, 0.1) is 15.7 Å². The van der Waals surface area contributed by atoms with Gasteiger partial charge in [-0.3, -0.25) is 29.1 Å². The molecule has 3 amide bonds. The molecule has 4 fully saturated rings. The Morgan fingerprint density at radius 3 is 1.45 bits per heavy atom. The lowest BCUT2D eigenvalue weighted by Crippen LogP contribution is -2.54. The van der Waals surface area contributed by atoms with E-state index in [0.717, 1.165) is 120 Å². The number of halogens is 2. The van der Waals surface area contributed by atoms with Crippen molar-refractivity contribution in [3.05, 3.63) is 110 Å². The Labute approximate surface area is 501 Å². The molecule has 0 radical (unpaired) electrons. The number of hydrogen-bond acceptors (Lipinski definition) is 13. The smallest absolute Gasteiger partial charge is 0.272 e. The molecule has 18 heteroatoms. The number of hydrogen-bond donors (Lipinski definition) is 3. The molecule has 3 N–H and O–H groups in total. The SMILES string of the molecule is CC(C)(C)N1CCC(CCC(=O)c2ncccc2Cl)C1.Cc1ccc(C(=O)NC2(C)CCN(C(C)C)CC2)nn1.Cc1ccc(C)c(C(=O)NC2(C)CCN(C(C)C)CC2)n1.Cc1ccc(Cl)c(C(=O)NC2(C)CCN(C(C)C)CC2)n1. The van der Waals surface area contributed by atoms with Crippen LogP contribution in [-0.2, 0) is 0 Å². The van der Waals surface area contributed by atoms with Gasteiger partial charge in [0.2, 0.25) is 0 Å². The monoisotopic (exact) mass is 1170 g/mol. The van der Waals surface area contributed by atoms with Gasteiger partial charge in [0.25, 0.3) is 17.7 Å². The molecule has 0 spiro atoms. The molecule has 82 heavy (non-hydrogen) atoms. The van der Waals surface area contributed by atoms with Crippen molar-refractivity contribution in [1.29, 1.82) is 0 Å². The lowest BCUT2D eigenvalue weighted by molar-refractivity contribution is 0.0786. The maximum atomic E-state index is 12.5. The van der Waals surface area contributed by atoms with Crippen molar-refractivity contribution >= 4 is 46.7 Å². The molecule has 16 nitrogen and oxygen atoms in total. The minimum Gasteiger partial charge on any atom is -0.345 e. The highest BCUT2D eigenvalue weighted by molar-refractivity contribution is 6.34. The first-order valence-corrected chi connectivity index (χ1v) is 30.6. The number of Topliss-reactive ketones (excluding diaryl/α,β-unsaturated/α-hetero) is 1. The highest BCUT2D eigenvalue weighted by Crippen LogP contribution is 2.30. The fourth-order valence-corrected chi connectivity index (χ4v) is 11.2. The number of likely N-dealkylation sites (tertiary alicyclic amines) is 4. The average molecular weight is 1170 g/mol. The fraction of sp³-hybridized carbons (Fsp3) is 0.641. The van der Waals surface area contributed by atoms with Crippen LogP contribution in [0.5, 0.6) is 0 Å². The second-order valence-electron chi connectivity index (χ2n) is 26.0. The van der Waals surface area contributed by atoms with E-state index < -0.39 is 0 Å². The van der Waals surface area contributed by atoms with Crippen molar-refractivity contribution in [3.63, 3.8) is 0 Å². The van der Waals surface area contributed by atoms with Gasteiger partial charge in [-0.05, 0) is 223 Å². The summed E-state index contributed by atoms with van der Waals surface area (Å²) in [5, 5.41) is 18.2. The summed E-state index contributed by atoms with van der Waals surface area (Å²) < 4.78 is 0. The van der Waals surface area contributed by atoms with Gasteiger partial charge in [0.15, 0.2) is 11.5 Å².